The van der Waals surface area contributed by atoms with E-state index >= 15 is 0 Å². The first-order chi connectivity index (χ1) is 13.5. The van der Waals surface area contributed by atoms with E-state index in [1.54, 1.807) is 7.11 Å². The number of carbonyl (C=O) groups is 1. The van der Waals surface area contributed by atoms with Gasteiger partial charge in [0.15, 0.2) is 0 Å². The Bertz CT molecular complexity index is 869. The van der Waals surface area contributed by atoms with E-state index in [4.69, 9.17) is 9.47 Å². The summed E-state index contributed by atoms with van der Waals surface area (Å²) in [4.78, 5) is 12.2. The molecule has 0 fully saturated rings. The van der Waals surface area contributed by atoms with Gasteiger partial charge in [-0.2, -0.15) is 0 Å². The van der Waals surface area contributed by atoms with E-state index in [-0.39, 0.29) is 28.7 Å². The van der Waals surface area contributed by atoms with Crippen LogP contribution in [0.3, 0.4) is 0 Å². The third kappa shape index (κ3) is 6.33. The van der Waals surface area contributed by atoms with Gasteiger partial charge < -0.3 is 14.8 Å². The Balaban J connectivity index is 2.09. The molecular formula is C20H26N2O5S. The Labute approximate surface area is 166 Å². The molecule has 0 unspecified atom stereocenters. The third-order valence-electron chi connectivity index (χ3n) is 4.07. The molecule has 0 saturated carbocycles. The summed E-state index contributed by atoms with van der Waals surface area (Å²) in [6, 6.07) is 13.9. The van der Waals surface area contributed by atoms with E-state index < -0.39 is 10.0 Å². The van der Waals surface area contributed by atoms with Crippen molar-refractivity contribution in [2.75, 3.05) is 33.9 Å². The Morgan fingerprint density at radius 3 is 2.46 bits per heavy atom. The van der Waals surface area contributed by atoms with Crippen LogP contribution < -0.4 is 14.8 Å². The number of sulfonamides is 1. The Kier molecular flexibility index (Phi) is 8.43. The van der Waals surface area contributed by atoms with Crippen molar-refractivity contribution in [2.45, 2.75) is 17.7 Å². The lowest BCUT2D eigenvalue weighted by molar-refractivity contribution is 0.0948. The van der Waals surface area contributed by atoms with Crippen LogP contribution in [0.25, 0.3) is 0 Å². The predicted molar refractivity (Wildman–Crippen MR) is 107 cm³/mol. The molecule has 2 aromatic carbocycles. The number of hydrogen-bond acceptors (Lipinski definition) is 5. The van der Waals surface area contributed by atoms with Gasteiger partial charge in [-0.25, -0.2) is 13.1 Å². The van der Waals surface area contributed by atoms with Crippen molar-refractivity contribution in [2.24, 2.45) is 0 Å². The summed E-state index contributed by atoms with van der Waals surface area (Å²) < 4.78 is 38.2. The minimum Gasteiger partial charge on any atom is -0.495 e. The molecule has 0 aromatic heterocycles. The molecular weight excluding hydrogens is 380 g/mol. The second-order valence-electron chi connectivity index (χ2n) is 6.10. The number of rotatable bonds is 11. The summed E-state index contributed by atoms with van der Waals surface area (Å²) in [5, 5.41) is 2.74. The first kappa shape index (κ1) is 21.9. The maximum Gasteiger partial charge on any atom is 0.251 e. The maximum absolute atomic E-state index is 12.7. The lowest BCUT2D eigenvalue weighted by atomic mass is 10.2. The molecule has 1 amide bonds. The highest BCUT2D eigenvalue weighted by Crippen LogP contribution is 2.24. The first-order valence-electron chi connectivity index (χ1n) is 8.96. The molecule has 0 spiro atoms. The van der Waals surface area contributed by atoms with Gasteiger partial charge >= 0.3 is 0 Å². The summed E-state index contributed by atoms with van der Waals surface area (Å²) in [6.07, 6.45) is 1.23. The van der Waals surface area contributed by atoms with E-state index in [1.165, 1.54) is 25.3 Å². The summed E-state index contributed by atoms with van der Waals surface area (Å²) in [5.74, 6) is -0.164. The minimum absolute atomic E-state index is 0.0624. The molecule has 0 aliphatic heterocycles. The standard InChI is InChI=1S/C20H26N2O5S/c1-26-14-6-12-21-20(23)17-9-10-18(27-2)19(15-17)28(24,25)22-13-11-16-7-4-3-5-8-16/h3-5,7-10,15,22H,6,11-14H2,1-2H3,(H,21,23). The van der Waals surface area contributed by atoms with Crippen LogP contribution in [0.5, 0.6) is 5.75 Å². The second-order valence-corrected chi connectivity index (χ2v) is 7.84. The monoisotopic (exact) mass is 406 g/mol. The highest BCUT2D eigenvalue weighted by atomic mass is 32.2. The fourth-order valence-corrected chi connectivity index (χ4v) is 3.83. The summed E-state index contributed by atoms with van der Waals surface area (Å²) in [5.41, 5.74) is 1.28. The third-order valence-corrected chi connectivity index (χ3v) is 5.56. The van der Waals surface area contributed by atoms with Crippen molar-refractivity contribution in [3.8, 4) is 5.75 Å². The smallest absolute Gasteiger partial charge is 0.251 e. The van der Waals surface area contributed by atoms with Crippen molar-refractivity contribution in [1.82, 2.24) is 10.0 Å². The molecule has 28 heavy (non-hydrogen) atoms. The molecule has 0 heterocycles. The van der Waals surface area contributed by atoms with E-state index in [9.17, 15) is 13.2 Å². The zero-order valence-corrected chi connectivity index (χ0v) is 16.9. The normalized spacial score (nSPS) is 11.2. The van der Waals surface area contributed by atoms with Crippen LogP contribution in [-0.2, 0) is 21.2 Å². The number of ether oxygens (including phenoxy) is 2. The quantitative estimate of drug-likeness (QED) is 0.557. The van der Waals surface area contributed by atoms with E-state index in [2.05, 4.69) is 10.0 Å². The maximum atomic E-state index is 12.7. The number of amides is 1. The minimum atomic E-state index is -3.83. The van der Waals surface area contributed by atoms with Crippen molar-refractivity contribution in [1.29, 1.82) is 0 Å². The molecule has 0 atom stereocenters. The summed E-state index contributed by atoms with van der Waals surface area (Å²) >= 11 is 0. The molecule has 0 saturated heterocycles. The average molecular weight is 407 g/mol. The summed E-state index contributed by atoms with van der Waals surface area (Å²) in [7, 11) is -0.851. The van der Waals surface area contributed by atoms with E-state index in [1.807, 2.05) is 30.3 Å². The van der Waals surface area contributed by atoms with Gasteiger partial charge in [0.25, 0.3) is 5.91 Å². The molecule has 0 aliphatic carbocycles. The molecule has 7 nitrogen and oxygen atoms in total. The van der Waals surface area contributed by atoms with Crippen LogP contribution in [0.2, 0.25) is 0 Å². The Morgan fingerprint density at radius 2 is 1.79 bits per heavy atom. The molecule has 0 radical (unpaired) electrons. The fraction of sp³-hybridized carbons (Fsp3) is 0.350. The molecule has 2 rings (SSSR count). The molecule has 2 N–H and O–H groups in total. The van der Waals surface area contributed by atoms with Crippen molar-refractivity contribution >= 4 is 15.9 Å². The van der Waals surface area contributed by atoms with Crippen LogP contribution in [0.15, 0.2) is 53.4 Å². The van der Waals surface area contributed by atoms with Crippen LogP contribution in [-0.4, -0.2) is 48.2 Å². The number of benzene rings is 2. The van der Waals surface area contributed by atoms with Gasteiger partial charge in [0.2, 0.25) is 10.0 Å². The van der Waals surface area contributed by atoms with Crippen molar-refractivity contribution in [3.63, 3.8) is 0 Å². The predicted octanol–water partition coefficient (Wildman–Crippen LogP) is 1.98. The zero-order valence-electron chi connectivity index (χ0n) is 16.1. The van der Waals surface area contributed by atoms with Gasteiger partial charge in [0.05, 0.1) is 7.11 Å². The molecule has 0 bridgehead atoms. The lowest BCUT2D eigenvalue weighted by Gasteiger charge is -2.13. The number of carbonyl (C=O) groups excluding carboxylic acids is 1. The van der Waals surface area contributed by atoms with Crippen LogP contribution in [0.1, 0.15) is 22.3 Å². The Hall–Kier alpha value is -2.42. The van der Waals surface area contributed by atoms with Gasteiger partial charge in [-0.1, -0.05) is 30.3 Å². The number of hydrogen-bond donors (Lipinski definition) is 2. The van der Waals surface area contributed by atoms with Gasteiger partial charge in [-0.3, -0.25) is 4.79 Å². The van der Waals surface area contributed by atoms with Gasteiger partial charge in [0, 0.05) is 32.4 Å². The lowest BCUT2D eigenvalue weighted by Crippen LogP contribution is -2.28. The number of nitrogens with one attached hydrogen (secondary N) is 2. The highest BCUT2D eigenvalue weighted by molar-refractivity contribution is 7.89. The SMILES string of the molecule is COCCCNC(=O)c1ccc(OC)c(S(=O)(=O)NCCc2ccccc2)c1. The topological polar surface area (TPSA) is 93.7 Å². The van der Waals surface area contributed by atoms with Crippen molar-refractivity contribution in [3.05, 3.63) is 59.7 Å². The molecule has 2 aromatic rings. The van der Waals surface area contributed by atoms with E-state index in [0.29, 0.717) is 26.0 Å². The average Bonchev–Trinajstić information content (AvgIpc) is 2.71. The largest absolute Gasteiger partial charge is 0.495 e. The van der Waals surface area contributed by atoms with Gasteiger partial charge in [-0.05, 0) is 36.6 Å². The Morgan fingerprint density at radius 1 is 1.04 bits per heavy atom. The fourth-order valence-electron chi connectivity index (χ4n) is 2.60. The first-order valence-corrected chi connectivity index (χ1v) is 10.4. The highest BCUT2D eigenvalue weighted by Gasteiger charge is 2.21. The zero-order chi connectivity index (χ0) is 20.4. The molecule has 8 heteroatoms. The second kappa shape index (κ2) is 10.8. The number of methoxy groups -OCH3 is 2. The van der Waals surface area contributed by atoms with Crippen LogP contribution >= 0.6 is 0 Å². The van der Waals surface area contributed by atoms with E-state index in [0.717, 1.165) is 5.56 Å². The van der Waals surface area contributed by atoms with Crippen LogP contribution in [0, 0.1) is 0 Å². The molecule has 152 valence electrons. The van der Waals surface area contributed by atoms with Gasteiger partial charge in [0.1, 0.15) is 10.6 Å². The van der Waals surface area contributed by atoms with Crippen LogP contribution in [0.4, 0.5) is 0 Å². The molecule has 0 aliphatic rings. The van der Waals surface area contributed by atoms with Gasteiger partial charge in [-0.15, -0.1) is 0 Å². The summed E-state index contributed by atoms with van der Waals surface area (Å²) in [6.45, 7) is 1.22. The van der Waals surface area contributed by atoms with Crippen molar-refractivity contribution < 1.29 is 22.7 Å².